The maximum atomic E-state index is 12.0. The minimum absolute atomic E-state index is 0.0279. The van der Waals surface area contributed by atoms with Gasteiger partial charge in [-0.05, 0) is 25.2 Å². The lowest BCUT2D eigenvalue weighted by molar-refractivity contribution is 0.402. The first kappa shape index (κ1) is 14.4. The van der Waals surface area contributed by atoms with Crippen molar-refractivity contribution >= 4 is 10.0 Å². The molecule has 1 rings (SSSR count). The number of hydrogen-bond acceptors (Lipinski definition) is 5. The van der Waals surface area contributed by atoms with Crippen molar-refractivity contribution in [2.75, 3.05) is 27.2 Å². The SMILES string of the molecule is CNCCNS(=O)(=O)c1ccc(C#N)cc1OC. The highest BCUT2D eigenvalue weighted by molar-refractivity contribution is 7.89. The second-order valence-corrected chi connectivity index (χ2v) is 5.21. The van der Waals surface area contributed by atoms with E-state index in [2.05, 4.69) is 10.0 Å². The molecule has 6 nitrogen and oxygen atoms in total. The number of methoxy groups -OCH3 is 1. The van der Waals surface area contributed by atoms with Gasteiger partial charge in [0.15, 0.2) is 0 Å². The Bertz CT molecular complexity index is 549. The van der Waals surface area contributed by atoms with Crippen molar-refractivity contribution < 1.29 is 13.2 Å². The van der Waals surface area contributed by atoms with Crippen LogP contribution in [0.4, 0.5) is 0 Å². The molecule has 7 heteroatoms. The van der Waals surface area contributed by atoms with Gasteiger partial charge in [-0.3, -0.25) is 0 Å². The molecule has 0 saturated heterocycles. The average Bonchev–Trinajstić information content (AvgIpc) is 2.38. The summed E-state index contributed by atoms with van der Waals surface area (Å²) in [5.41, 5.74) is 0.348. The van der Waals surface area contributed by atoms with Gasteiger partial charge in [0.25, 0.3) is 0 Å². The fourth-order valence-corrected chi connectivity index (χ4v) is 2.53. The van der Waals surface area contributed by atoms with Gasteiger partial charge in [-0.2, -0.15) is 5.26 Å². The van der Waals surface area contributed by atoms with Gasteiger partial charge in [0.1, 0.15) is 10.6 Å². The zero-order chi connectivity index (χ0) is 13.6. The van der Waals surface area contributed by atoms with E-state index >= 15 is 0 Å². The van der Waals surface area contributed by atoms with Crippen molar-refractivity contribution in [2.24, 2.45) is 0 Å². The predicted octanol–water partition coefficient (Wildman–Crippen LogP) is 0.0646. The summed E-state index contributed by atoms with van der Waals surface area (Å²) in [5, 5.41) is 11.6. The standard InChI is InChI=1S/C11H15N3O3S/c1-13-5-6-14-18(15,16)11-4-3-9(8-12)7-10(11)17-2/h3-4,7,13-14H,5-6H2,1-2H3. The van der Waals surface area contributed by atoms with Gasteiger partial charge in [-0.15, -0.1) is 0 Å². The van der Waals surface area contributed by atoms with Gasteiger partial charge >= 0.3 is 0 Å². The number of nitriles is 1. The second-order valence-electron chi connectivity index (χ2n) is 3.48. The fourth-order valence-electron chi connectivity index (χ4n) is 1.35. The molecule has 1 aromatic carbocycles. The lowest BCUT2D eigenvalue weighted by Gasteiger charge is -2.10. The number of nitrogens with zero attached hydrogens (tertiary/aromatic N) is 1. The minimum Gasteiger partial charge on any atom is -0.495 e. The summed E-state index contributed by atoms with van der Waals surface area (Å²) in [5.74, 6) is 0.158. The van der Waals surface area contributed by atoms with E-state index in [0.717, 1.165) is 0 Å². The largest absolute Gasteiger partial charge is 0.495 e. The van der Waals surface area contributed by atoms with Crippen molar-refractivity contribution in [1.29, 1.82) is 5.26 Å². The van der Waals surface area contributed by atoms with Gasteiger partial charge in [0, 0.05) is 13.1 Å². The third-order valence-electron chi connectivity index (χ3n) is 2.25. The smallest absolute Gasteiger partial charge is 0.244 e. The molecule has 0 aromatic heterocycles. The first-order valence-corrected chi connectivity index (χ1v) is 6.76. The van der Waals surface area contributed by atoms with E-state index in [1.807, 2.05) is 6.07 Å². The van der Waals surface area contributed by atoms with Crippen LogP contribution in [0.5, 0.6) is 5.75 Å². The van der Waals surface area contributed by atoms with Crippen LogP contribution in [0.1, 0.15) is 5.56 Å². The Kier molecular flexibility index (Phi) is 5.09. The van der Waals surface area contributed by atoms with Crippen LogP contribution in [0, 0.1) is 11.3 Å². The molecule has 1 aromatic rings. The minimum atomic E-state index is -3.62. The van der Waals surface area contributed by atoms with Crippen molar-refractivity contribution in [3.05, 3.63) is 23.8 Å². The van der Waals surface area contributed by atoms with Gasteiger partial charge in [0.2, 0.25) is 10.0 Å². The molecular weight excluding hydrogens is 254 g/mol. The molecule has 0 bridgehead atoms. The van der Waals surface area contributed by atoms with E-state index < -0.39 is 10.0 Å². The third kappa shape index (κ3) is 3.43. The first-order chi connectivity index (χ1) is 8.55. The monoisotopic (exact) mass is 269 g/mol. The van der Waals surface area contributed by atoms with E-state index in [4.69, 9.17) is 10.00 Å². The van der Waals surface area contributed by atoms with Crippen LogP contribution < -0.4 is 14.8 Å². The maximum Gasteiger partial charge on any atom is 0.244 e. The Morgan fingerprint density at radius 2 is 2.11 bits per heavy atom. The van der Waals surface area contributed by atoms with Crippen LogP contribution in [0.3, 0.4) is 0 Å². The van der Waals surface area contributed by atoms with E-state index in [-0.39, 0.29) is 17.2 Å². The Morgan fingerprint density at radius 3 is 2.67 bits per heavy atom. The van der Waals surface area contributed by atoms with E-state index in [1.54, 1.807) is 7.05 Å². The Labute approximate surface area is 107 Å². The topological polar surface area (TPSA) is 91.2 Å². The van der Waals surface area contributed by atoms with Crippen molar-refractivity contribution in [1.82, 2.24) is 10.0 Å². The highest BCUT2D eigenvalue weighted by atomic mass is 32.2. The highest BCUT2D eigenvalue weighted by Crippen LogP contribution is 2.24. The Hall–Kier alpha value is -1.62. The van der Waals surface area contributed by atoms with Crippen LogP contribution in [0.25, 0.3) is 0 Å². The Morgan fingerprint density at radius 1 is 1.39 bits per heavy atom. The molecule has 0 aliphatic carbocycles. The number of rotatable bonds is 6. The second kappa shape index (κ2) is 6.35. The normalized spacial score (nSPS) is 10.9. The summed E-state index contributed by atoms with van der Waals surface area (Å²) in [6.45, 7) is 0.805. The molecular formula is C11H15N3O3S. The number of ether oxygens (including phenoxy) is 1. The molecule has 18 heavy (non-hydrogen) atoms. The quantitative estimate of drug-likeness (QED) is 0.713. The van der Waals surface area contributed by atoms with Crippen LogP contribution in [-0.4, -0.2) is 35.7 Å². The molecule has 0 aliphatic rings. The molecule has 0 atom stereocenters. The summed E-state index contributed by atoms with van der Waals surface area (Å²) in [6, 6.07) is 6.12. The van der Waals surface area contributed by atoms with Crippen LogP contribution in [0.2, 0.25) is 0 Å². The highest BCUT2D eigenvalue weighted by Gasteiger charge is 2.19. The summed E-state index contributed by atoms with van der Waals surface area (Å²) in [6.07, 6.45) is 0. The molecule has 0 spiro atoms. The lowest BCUT2D eigenvalue weighted by Crippen LogP contribution is -2.30. The third-order valence-corrected chi connectivity index (χ3v) is 3.75. The van der Waals surface area contributed by atoms with E-state index in [9.17, 15) is 8.42 Å². The van der Waals surface area contributed by atoms with Gasteiger partial charge in [-0.25, -0.2) is 13.1 Å². The number of nitrogens with one attached hydrogen (secondary N) is 2. The number of sulfonamides is 1. The van der Waals surface area contributed by atoms with Gasteiger partial charge in [-0.1, -0.05) is 0 Å². The zero-order valence-electron chi connectivity index (χ0n) is 10.2. The summed E-state index contributed by atoms with van der Waals surface area (Å²) >= 11 is 0. The van der Waals surface area contributed by atoms with Crippen molar-refractivity contribution in [3.63, 3.8) is 0 Å². The van der Waals surface area contributed by atoms with Gasteiger partial charge < -0.3 is 10.1 Å². The first-order valence-electron chi connectivity index (χ1n) is 5.27. The Balaban J connectivity index is 3.05. The molecule has 0 radical (unpaired) electrons. The molecule has 98 valence electrons. The van der Waals surface area contributed by atoms with E-state index in [1.165, 1.54) is 25.3 Å². The molecule has 0 unspecified atom stereocenters. The average molecular weight is 269 g/mol. The number of hydrogen-bond donors (Lipinski definition) is 2. The fraction of sp³-hybridized carbons (Fsp3) is 0.364. The van der Waals surface area contributed by atoms with Crippen molar-refractivity contribution in [2.45, 2.75) is 4.90 Å². The molecule has 0 amide bonds. The van der Waals surface area contributed by atoms with Crippen LogP contribution in [-0.2, 0) is 10.0 Å². The van der Waals surface area contributed by atoms with Crippen molar-refractivity contribution in [3.8, 4) is 11.8 Å². The molecule has 0 heterocycles. The number of likely N-dealkylation sites (N-methyl/N-ethyl adjacent to an activating group) is 1. The lowest BCUT2D eigenvalue weighted by atomic mass is 10.2. The van der Waals surface area contributed by atoms with Gasteiger partial charge in [0.05, 0.1) is 18.7 Å². The predicted molar refractivity (Wildman–Crippen MR) is 66.8 cm³/mol. The number of benzene rings is 1. The molecule has 0 fully saturated rings. The van der Waals surface area contributed by atoms with Crippen LogP contribution in [0.15, 0.2) is 23.1 Å². The zero-order valence-corrected chi connectivity index (χ0v) is 11.0. The maximum absolute atomic E-state index is 12.0. The summed E-state index contributed by atoms with van der Waals surface area (Å²) in [7, 11) is -0.528. The summed E-state index contributed by atoms with van der Waals surface area (Å²) < 4.78 is 31.4. The summed E-state index contributed by atoms with van der Waals surface area (Å²) in [4.78, 5) is 0.0279. The van der Waals surface area contributed by atoms with Crippen LogP contribution >= 0.6 is 0 Å². The van der Waals surface area contributed by atoms with E-state index in [0.29, 0.717) is 12.1 Å². The molecule has 2 N–H and O–H groups in total. The molecule has 0 aliphatic heterocycles. The molecule has 0 saturated carbocycles.